The Balaban J connectivity index is 2.13. The maximum absolute atomic E-state index is 5.97. The molecule has 3 nitrogen and oxygen atoms in total. The Labute approximate surface area is 109 Å². The maximum atomic E-state index is 5.97. The monoisotopic (exact) mass is 268 g/mol. The molecule has 2 rings (SSSR count). The lowest BCUT2D eigenvalue weighted by molar-refractivity contribution is 0.415. The van der Waals surface area contributed by atoms with Gasteiger partial charge in [-0.2, -0.15) is 0 Å². The van der Waals surface area contributed by atoms with Crippen LogP contribution in [0.1, 0.15) is 18.7 Å². The van der Waals surface area contributed by atoms with Gasteiger partial charge in [-0.25, -0.2) is 4.98 Å². The summed E-state index contributed by atoms with van der Waals surface area (Å²) in [4.78, 5) is 4.27. The molecule has 1 N–H and O–H groups in total. The van der Waals surface area contributed by atoms with Crippen molar-refractivity contribution in [2.45, 2.75) is 13.0 Å². The predicted molar refractivity (Wildman–Crippen MR) is 72.2 cm³/mol. The van der Waals surface area contributed by atoms with Gasteiger partial charge in [0, 0.05) is 17.1 Å². The van der Waals surface area contributed by atoms with Crippen molar-refractivity contribution in [2.75, 3.05) is 12.4 Å². The third kappa shape index (κ3) is 2.90. The fourth-order valence-electron chi connectivity index (χ4n) is 1.51. The summed E-state index contributed by atoms with van der Waals surface area (Å²) in [6.07, 6.45) is 0. The molecular formula is C12H13ClN2OS. The Kier molecular flexibility index (Phi) is 3.86. The topological polar surface area (TPSA) is 34.1 Å². The molecule has 2 aromatic rings. The van der Waals surface area contributed by atoms with Crippen molar-refractivity contribution in [1.82, 2.24) is 4.98 Å². The van der Waals surface area contributed by atoms with Crippen LogP contribution in [0.2, 0.25) is 5.02 Å². The Bertz CT molecular complexity index is 487. The number of nitrogens with zero attached hydrogens (tertiary/aromatic N) is 1. The largest absolute Gasteiger partial charge is 0.495 e. The quantitative estimate of drug-likeness (QED) is 0.911. The summed E-state index contributed by atoms with van der Waals surface area (Å²) in [6, 6.07) is 5.78. The zero-order chi connectivity index (χ0) is 12.3. The second-order valence-corrected chi connectivity index (χ2v) is 4.75. The minimum absolute atomic E-state index is 0.159. The number of methoxy groups -OCH3 is 1. The van der Waals surface area contributed by atoms with Crippen molar-refractivity contribution in [3.8, 4) is 5.75 Å². The van der Waals surface area contributed by atoms with Crippen LogP contribution >= 0.6 is 22.9 Å². The number of rotatable bonds is 4. The third-order valence-electron chi connectivity index (χ3n) is 2.43. The van der Waals surface area contributed by atoms with E-state index in [-0.39, 0.29) is 6.04 Å². The lowest BCUT2D eigenvalue weighted by Gasteiger charge is -2.14. The highest BCUT2D eigenvalue weighted by Crippen LogP contribution is 2.29. The number of benzene rings is 1. The van der Waals surface area contributed by atoms with Crippen molar-refractivity contribution >= 4 is 28.6 Å². The van der Waals surface area contributed by atoms with E-state index in [0.29, 0.717) is 10.8 Å². The molecule has 0 aliphatic carbocycles. The minimum Gasteiger partial charge on any atom is -0.495 e. The van der Waals surface area contributed by atoms with Crippen LogP contribution in [0, 0.1) is 0 Å². The molecule has 0 bridgehead atoms. The van der Waals surface area contributed by atoms with E-state index < -0.39 is 0 Å². The normalized spacial score (nSPS) is 12.2. The summed E-state index contributed by atoms with van der Waals surface area (Å²) < 4.78 is 5.17. The standard InChI is InChI=1S/C12H13ClN2OS/c1-8(11-6-17-7-14-11)15-9-3-4-10(13)12(5-9)16-2/h3-8,15H,1-2H3. The van der Waals surface area contributed by atoms with Crippen LogP contribution in [0.3, 0.4) is 0 Å². The van der Waals surface area contributed by atoms with Gasteiger partial charge in [-0.05, 0) is 19.1 Å². The van der Waals surface area contributed by atoms with Crippen LogP contribution in [0.25, 0.3) is 0 Å². The van der Waals surface area contributed by atoms with Gasteiger partial charge in [-0.1, -0.05) is 11.6 Å². The Morgan fingerprint density at radius 1 is 1.47 bits per heavy atom. The fraction of sp³-hybridized carbons (Fsp3) is 0.250. The Hall–Kier alpha value is -1.26. The summed E-state index contributed by atoms with van der Waals surface area (Å²) in [7, 11) is 1.61. The molecule has 5 heteroatoms. The lowest BCUT2D eigenvalue weighted by Crippen LogP contribution is -2.06. The highest BCUT2D eigenvalue weighted by Gasteiger charge is 2.08. The average molecular weight is 269 g/mol. The molecule has 1 aromatic carbocycles. The Morgan fingerprint density at radius 2 is 2.29 bits per heavy atom. The Morgan fingerprint density at radius 3 is 2.94 bits per heavy atom. The van der Waals surface area contributed by atoms with Crippen molar-refractivity contribution in [3.05, 3.63) is 39.8 Å². The molecule has 0 amide bonds. The van der Waals surface area contributed by atoms with Gasteiger partial charge in [0.1, 0.15) is 5.75 Å². The summed E-state index contributed by atoms with van der Waals surface area (Å²) >= 11 is 7.56. The van der Waals surface area contributed by atoms with Gasteiger partial charge in [-0.3, -0.25) is 0 Å². The van der Waals surface area contributed by atoms with Crippen LogP contribution in [0.4, 0.5) is 5.69 Å². The molecule has 1 heterocycles. The van der Waals surface area contributed by atoms with Gasteiger partial charge in [0.25, 0.3) is 0 Å². The number of halogens is 1. The zero-order valence-corrected chi connectivity index (χ0v) is 11.2. The molecule has 0 fully saturated rings. The molecule has 90 valence electrons. The van der Waals surface area contributed by atoms with E-state index in [2.05, 4.69) is 17.2 Å². The molecule has 1 atom stereocenters. The molecule has 17 heavy (non-hydrogen) atoms. The second-order valence-electron chi connectivity index (χ2n) is 3.63. The van der Waals surface area contributed by atoms with E-state index in [9.17, 15) is 0 Å². The molecule has 0 aliphatic rings. The molecule has 0 saturated heterocycles. The van der Waals surface area contributed by atoms with Crippen molar-refractivity contribution < 1.29 is 4.74 Å². The van der Waals surface area contributed by atoms with E-state index in [1.54, 1.807) is 18.4 Å². The number of ether oxygens (including phenoxy) is 1. The van der Waals surface area contributed by atoms with Gasteiger partial charge in [0.15, 0.2) is 0 Å². The first-order chi connectivity index (χ1) is 8.20. The first-order valence-electron chi connectivity index (χ1n) is 5.19. The maximum Gasteiger partial charge on any atom is 0.139 e. The molecule has 1 unspecified atom stereocenters. The van der Waals surface area contributed by atoms with E-state index in [0.717, 1.165) is 11.4 Å². The minimum atomic E-state index is 0.159. The summed E-state index contributed by atoms with van der Waals surface area (Å²) in [6.45, 7) is 2.07. The highest BCUT2D eigenvalue weighted by molar-refractivity contribution is 7.07. The van der Waals surface area contributed by atoms with E-state index >= 15 is 0 Å². The summed E-state index contributed by atoms with van der Waals surface area (Å²) in [5.74, 6) is 0.669. The van der Waals surface area contributed by atoms with Crippen LogP contribution in [-0.2, 0) is 0 Å². The molecule has 0 radical (unpaired) electrons. The smallest absolute Gasteiger partial charge is 0.139 e. The first kappa shape index (κ1) is 12.2. The molecule has 0 saturated carbocycles. The van der Waals surface area contributed by atoms with Crippen LogP contribution in [0.15, 0.2) is 29.1 Å². The van der Waals surface area contributed by atoms with Crippen LogP contribution in [0.5, 0.6) is 5.75 Å². The SMILES string of the molecule is COc1cc(NC(C)c2cscn2)ccc1Cl. The number of thiazole rings is 1. The number of aromatic nitrogens is 1. The molecule has 0 spiro atoms. The number of hydrogen-bond donors (Lipinski definition) is 1. The van der Waals surface area contributed by atoms with Crippen molar-refractivity contribution in [2.24, 2.45) is 0 Å². The van der Waals surface area contributed by atoms with Crippen molar-refractivity contribution in [1.29, 1.82) is 0 Å². The lowest BCUT2D eigenvalue weighted by atomic mass is 10.2. The summed E-state index contributed by atoms with van der Waals surface area (Å²) in [5, 5.41) is 5.99. The van der Waals surface area contributed by atoms with Gasteiger partial charge < -0.3 is 10.1 Å². The van der Waals surface area contributed by atoms with Gasteiger partial charge in [0.05, 0.1) is 29.4 Å². The number of nitrogens with one attached hydrogen (secondary N) is 1. The highest BCUT2D eigenvalue weighted by atomic mass is 35.5. The second kappa shape index (κ2) is 5.38. The van der Waals surface area contributed by atoms with Gasteiger partial charge in [-0.15, -0.1) is 11.3 Å². The first-order valence-corrected chi connectivity index (χ1v) is 6.51. The molecule has 0 aliphatic heterocycles. The zero-order valence-electron chi connectivity index (χ0n) is 9.61. The number of hydrogen-bond acceptors (Lipinski definition) is 4. The average Bonchev–Trinajstić information content (AvgIpc) is 2.85. The fourth-order valence-corrected chi connectivity index (χ4v) is 2.35. The van der Waals surface area contributed by atoms with Crippen molar-refractivity contribution in [3.63, 3.8) is 0 Å². The van der Waals surface area contributed by atoms with E-state index in [1.807, 2.05) is 29.1 Å². The number of anilines is 1. The van der Waals surface area contributed by atoms with E-state index in [4.69, 9.17) is 16.3 Å². The predicted octanol–water partition coefficient (Wildman–Crippen LogP) is 3.98. The summed E-state index contributed by atoms with van der Waals surface area (Å²) in [5.41, 5.74) is 3.83. The van der Waals surface area contributed by atoms with Crippen LogP contribution in [-0.4, -0.2) is 12.1 Å². The van der Waals surface area contributed by atoms with Crippen LogP contribution < -0.4 is 10.1 Å². The third-order valence-corrected chi connectivity index (χ3v) is 3.35. The van der Waals surface area contributed by atoms with E-state index in [1.165, 1.54) is 0 Å². The molecular weight excluding hydrogens is 256 g/mol. The molecule has 1 aromatic heterocycles. The van der Waals surface area contributed by atoms with Gasteiger partial charge in [0.2, 0.25) is 0 Å². The van der Waals surface area contributed by atoms with Gasteiger partial charge >= 0.3 is 0 Å².